The van der Waals surface area contributed by atoms with Gasteiger partial charge in [0, 0.05) is 16.5 Å². The normalized spacial score (nSPS) is 12.5. The molecule has 2 rings (SSSR count). The molecule has 0 unspecified atom stereocenters. The lowest BCUT2D eigenvalue weighted by atomic mass is 10.0. The van der Waals surface area contributed by atoms with Gasteiger partial charge in [0.05, 0.1) is 12.0 Å². The van der Waals surface area contributed by atoms with Crippen LogP contribution in [0.25, 0.3) is 0 Å². The lowest BCUT2D eigenvalue weighted by molar-refractivity contribution is -0.137. The van der Waals surface area contributed by atoms with Crippen LogP contribution >= 0.6 is 23.2 Å². The summed E-state index contributed by atoms with van der Waals surface area (Å²) in [6.07, 6.45) is -4.81. The summed E-state index contributed by atoms with van der Waals surface area (Å²) >= 11 is 11.9. The largest absolute Gasteiger partial charge is 0.416 e. The van der Waals surface area contributed by atoms with Gasteiger partial charge in [0.2, 0.25) is 11.8 Å². The first-order valence-corrected chi connectivity index (χ1v) is 8.50. The van der Waals surface area contributed by atoms with Gasteiger partial charge in [-0.2, -0.15) is 13.2 Å². The maximum Gasteiger partial charge on any atom is 0.416 e. The van der Waals surface area contributed by atoms with Gasteiger partial charge in [0.1, 0.15) is 6.04 Å². The maximum atomic E-state index is 12.7. The first kappa shape index (κ1) is 21.1. The van der Waals surface area contributed by atoms with Crippen molar-refractivity contribution in [1.82, 2.24) is 5.32 Å². The maximum absolute atomic E-state index is 12.7. The van der Waals surface area contributed by atoms with Crippen molar-refractivity contribution < 1.29 is 22.8 Å². The van der Waals surface area contributed by atoms with E-state index < -0.39 is 29.6 Å². The number of nitrogens with two attached hydrogens (primary N) is 1. The second-order valence-corrected chi connectivity index (χ2v) is 6.68. The van der Waals surface area contributed by atoms with Gasteiger partial charge in [-0.25, -0.2) is 0 Å². The molecule has 27 heavy (non-hydrogen) atoms. The molecule has 1 atom stereocenters. The number of hydrogen-bond donors (Lipinski definition) is 2. The molecule has 0 spiro atoms. The number of benzene rings is 2. The first-order chi connectivity index (χ1) is 12.6. The van der Waals surface area contributed by atoms with Crippen molar-refractivity contribution >= 4 is 35.0 Å². The van der Waals surface area contributed by atoms with E-state index in [1.807, 2.05) is 0 Å². The van der Waals surface area contributed by atoms with Gasteiger partial charge in [-0.1, -0.05) is 47.5 Å². The van der Waals surface area contributed by atoms with Crippen molar-refractivity contribution in [2.24, 2.45) is 5.73 Å². The van der Waals surface area contributed by atoms with E-state index in [1.54, 1.807) is 12.1 Å². The molecule has 3 N–H and O–H groups in total. The lowest BCUT2D eigenvalue weighted by Crippen LogP contribution is -2.46. The molecule has 0 aliphatic carbocycles. The molecule has 0 fully saturated rings. The van der Waals surface area contributed by atoms with Gasteiger partial charge >= 0.3 is 6.18 Å². The molecule has 0 aliphatic heterocycles. The standard InChI is InChI=1S/C18H15Cl2F3N2O2/c19-13-5-4-11(14(20)9-13)8-15(17(24)27)25-16(26)7-10-2-1-3-12(6-10)18(21,22)23/h1-6,9,15H,7-8H2,(H2,24,27)(H,25,26)/t15-/m1/s1. The minimum Gasteiger partial charge on any atom is -0.368 e. The molecule has 2 amide bonds. The summed E-state index contributed by atoms with van der Waals surface area (Å²) in [7, 11) is 0. The summed E-state index contributed by atoms with van der Waals surface area (Å²) in [6.45, 7) is 0. The number of halogens is 5. The number of carbonyl (C=O) groups excluding carboxylic acids is 2. The molecule has 144 valence electrons. The molecule has 0 aliphatic rings. The van der Waals surface area contributed by atoms with Crippen LogP contribution in [0.15, 0.2) is 42.5 Å². The molecule has 0 bridgehead atoms. The minimum absolute atomic E-state index is 0.0274. The molecule has 0 aromatic heterocycles. The summed E-state index contributed by atoms with van der Waals surface area (Å²) < 4.78 is 38.2. The number of primary amides is 1. The van der Waals surface area contributed by atoms with E-state index in [1.165, 1.54) is 18.2 Å². The zero-order valence-corrected chi connectivity index (χ0v) is 15.3. The van der Waals surface area contributed by atoms with Crippen LogP contribution in [-0.4, -0.2) is 17.9 Å². The predicted molar refractivity (Wildman–Crippen MR) is 96.4 cm³/mol. The third-order valence-electron chi connectivity index (χ3n) is 3.74. The molecule has 0 saturated heterocycles. The van der Waals surface area contributed by atoms with Crippen molar-refractivity contribution in [2.75, 3.05) is 0 Å². The third kappa shape index (κ3) is 6.15. The molecular weight excluding hydrogens is 404 g/mol. The van der Waals surface area contributed by atoms with Gasteiger partial charge in [-0.3, -0.25) is 9.59 Å². The van der Waals surface area contributed by atoms with Crippen LogP contribution < -0.4 is 11.1 Å². The fraction of sp³-hybridized carbons (Fsp3) is 0.222. The monoisotopic (exact) mass is 418 g/mol. The second-order valence-electron chi connectivity index (χ2n) is 5.84. The molecule has 2 aromatic carbocycles. The number of alkyl halides is 3. The molecule has 2 aromatic rings. The molecule has 0 heterocycles. The highest BCUT2D eigenvalue weighted by Crippen LogP contribution is 2.29. The van der Waals surface area contributed by atoms with Crippen LogP contribution in [-0.2, 0) is 28.6 Å². The quantitative estimate of drug-likeness (QED) is 0.749. The van der Waals surface area contributed by atoms with Crippen LogP contribution in [0, 0.1) is 0 Å². The number of carbonyl (C=O) groups is 2. The summed E-state index contributed by atoms with van der Waals surface area (Å²) in [5.41, 5.74) is 5.17. The van der Waals surface area contributed by atoms with E-state index in [9.17, 15) is 22.8 Å². The Morgan fingerprint density at radius 3 is 2.41 bits per heavy atom. The van der Waals surface area contributed by atoms with E-state index >= 15 is 0 Å². The molecular formula is C18H15Cl2F3N2O2. The Bertz CT molecular complexity index is 857. The summed E-state index contributed by atoms with van der Waals surface area (Å²) in [5.74, 6) is -1.43. The summed E-state index contributed by atoms with van der Waals surface area (Å²) in [5, 5.41) is 3.14. The van der Waals surface area contributed by atoms with Crippen LogP contribution in [0.1, 0.15) is 16.7 Å². The Morgan fingerprint density at radius 1 is 1.11 bits per heavy atom. The van der Waals surface area contributed by atoms with Crippen molar-refractivity contribution in [2.45, 2.75) is 25.1 Å². The average molecular weight is 419 g/mol. The first-order valence-electron chi connectivity index (χ1n) is 7.75. The van der Waals surface area contributed by atoms with Gasteiger partial charge in [0.15, 0.2) is 0 Å². The SMILES string of the molecule is NC(=O)[C@@H](Cc1ccc(Cl)cc1Cl)NC(=O)Cc1cccc(C(F)(F)F)c1. The van der Waals surface area contributed by atoms with Crippen molar-refractivity contribution in [1.29, 1.82) is 0 Å². The highest BCUT2D eigenvalue weighted by atomic mass is 35.5. The fourth-order valence-corrected chi connectivity index (χ4v) is 2.90. The highest BCUT2D eigenvalue weighted by molar-refractivity contribution is 6.35. The fourth-order valence-electron chi connectivity index (χ4n) is 2.42. The smallest absolute Gasteiger partial charge is 0.368 e. The zero-order valence-electron chi connectivity index (χ0n) is 13.8. The van der Waals surface area contributed by atoms with E-state index in [2.05, 4.69) is 5.32 Å². The molecule has 0 radical (unpaired) electrons. The van der Waals surface area contributed by atoms with Gasteiger partial charge < -0.3 is 11.1 Å². The number of nitrogens with one attached hydrogen (secondary N) is 1. The zero-order chi connectivity index (χ0) is 20.2. The lowest BCUT2D eigenvalue weighted by Gasteiger charge is -2.17. The Morgan fingerprint density at radius 2 is 1.81 bits per heavy atom. The highest BCUT2D eigenvalue weighted by Gasteiger charge is 2.30. The Labute approximate surface area is 163 Å². The van der Waals surface area contributed by atoms with Crippen LogP contribution in [0.2, 0.25) is 10.0 Å². The van der Waals surface area contributed by atoms with Crippen LogP contribution in [0.3, 0.4) is 0 Å². The van der Waals surface area contributed by atoms with E-state index in [0.717, 1.165) is 12.1 Å². The predicted octanol–water partition coefficient (Wildman–Crippen LogP) is 3.77. The van der Waals surface area contributed by atoms with Crippen LogP contribution in [0.5, 0.6) is 0 Å². The number of rotatable bonds is 6. The van der Waals surface area contributed by atoms with E-state index in [4.69, 9.17) is 28.9 Å². The van der Waals surface area contributed by atoms with E-state index in [-0.39, 0.29) is 18.4 Å². The number of amides is 2. The van der Waals surface area contributed by atoms with Crippen molar-refractivity contribution in [3.05, 3.63) is 69.2 Å². The topological polar surface area (TPSA) is 72.2 Å². The van der Waals surface area contributed by atoms with E-state index in [0.29, 0.717) is 15.6 Å². The Kier molecular flexibility index (Phi) is 6.73. The van der Waals surface area contributed by atoms with Crippen molar-refractivity contribution in [3.63, 3.8) is 0 Å². The van der Waals surface area contributed by atoms with Crippen molar-refractivity contribution in [3.8, 4) is 0 Å². The van der Waals surface area contributed by atoms with Gasteiger partial charge in [-0.05, 0) is 29.3 Å². The molecule has 4 nitrogen and oxygen atoms in total. The van der Waals surface area contributed by atoms with Gasteiger partial charge in [0.25, 0.3) is 0 Å². The Balaban J connectivity index is 2.08. The third-order valence-corrected chi connectivity index (χ3v) is 4.32. The second kappa shape index (κ2) is 8.63. The average Bonchev–Trinajstić information content (AvgIpc) is 2.55. The summed E-state index contributed by atoms with van der Waals surface area (Å²) in [4.78, 5) is 23.8. The van der Waals surface area contributed by atoms with Crippen LogP contribution in [0.4, 0.5) is 13.2 Å². The summed E-state index contributed by atoms with van der Waals surface area (Å²) in [6, 6.07) is 7.99. The number of hydrogen-bond acceptors (Lipinski definition) is 2. The molecule has 9 heteroatoms. The minimum atomic E-state index is -4.51. The van der Waals surface area contributed by atoms with Gasteiger partial charge in [-0.15, -0.1) is 0 Å². The molecule has 0 saturated carbocycles. The Hall–Kier alpha value is -2.25.